The van der Waals surface area contributed by atoms with Crippen molar-refractivity contribution in [2.24, 2.45) is 10.7 Å². The molecule has 0 radical (unpaired) electrons. The van der Waals surface area contributed by atoms with Crippen LogP contribution in [0.4, 0.5) is 0 Å². The van der Waals surface area contributed by atoms with Crippen molar-refractivity contribution >= 4 is 17.8 Å². The van der Waals surface area contributed by atoms with E-state index >= 15 is 0 Å². The summed E-state index contributed by atoms with van der Waals surface area (Å²) in [5, 5.41) is 13.5. The van der Waals surface area contributed by atoms with Gasteiger partial charge in [0.2, 0.25) is 5.91 Å². The zero-order chi connectivity index (χ0) is 23.3. The largest absolute Gasteiger partial charge is 0.390 e. The van der Waals surface area contributed by atoms with Crippen LogP contribution in [0.15, 0.2) is 47.5 Å². The molecule has 0 aromatic heterocycles. The molecule has 33 heavy (non-hydrogen) atoms. The molecule has 0 unspecified atom stereocenters. The Bertz CT molecular complexity index is 1160. The fourth-order valence-corrected chi connectivity index (χ4v) is 5.41. The summed E-state index contributed by atoms with van der Waals surface area (Å²) in [4.78, 5) is 32.4. The van der Waals surface area contributed by atoms with Crippen molar-refractivity contribution in [3.05, 3.63) is 70.3 Å². The van der Waals surface area contributed by atoms with E-state index < -0.39 is 17.7 Å². The molecular formula is C26H30N4O3. The molecule has 2 aliphatic carbocycles. The lowest BCUT2D eigenvalue weighted by Gasteiger charge is -2.37. The van der Waals surface area contributed by atoms with Gasteiger partial charge in [0.25, 0.3) is 5.91 Å². The number of fused-ring (bicyclic) bond motifs is 2. The van der Waals surface area contributed by atoms with Crippen LogP contribution in [0.25, 0.3) is 0 Å². The quantitative estimate of drug-likeness (QED) is 0.671. The predicted molar refractivity (Wildman–Crippen MR) is 126 cm³/mol. The molecule has 172 valence electrons. The highest BCUT2D eigenvalue weighted by Crippen LogP contribution is 2.39. The Morgan fingerprint density at radius 3 is 2.79 bits per heavy atom. The van der Waals surface area contributed by atoms with Crippen molar-refractivity contribution in [1.29, 1.82) is 0 Å². The Kier molecular flexibility index (Phi) is 5.24. The molecule has 0 saturated heterocycles. The van der Waals surface area contributed by atoms with Gasteiger partial charge in [-0.2, -0.15) is 0 Å². The summed E-state index contributed by atoms with van der Waals surface area (Å²) in [6, 6.07) is 12.8. The van der Waals surface area contributed by atoms with Crippen LogP contribution < -0.4 is 11.1 Å². The number of aliphatic hydroxyl groups is 1. The van der Waals surface area contributed by atoms with E-state index in [2.05, 4.69) is 10.3 Å². The molecule has 2 amide bonds. The zero-order valence-electron chi connectivity index (χ0n) is 19.0. The van der Waals surface area contributed by atoms with E-state index in [0.29, 0.717) is 18.4 Å². The molecular weight excluding hydrogens is 416 g/mol. The molecule has 0 saturated carbocycles. The van der Waals surface area contributed by atoms with E-state index in [1.807, 2.05) is 56.3 Å². The predicted octanol–water partition coefficient (Wildman–Crippen LogP) is 2.78. The van der Waals surface area contributed by atoms with Gasteiger partial charge in [0, 0.05) is 12.0 Å². The second-order valence-corrected chi connectivity index (χ2v) is 9.65. The molecule has 4 N–H and O–H groups in total. The molecule has 2 aromatic carbocycles. The van der Waals surface area contributed by atoms with Gasteiger partial charge < -0.3 is 16.2 Å². The lowest BCUT2D eigenvalue weighted by atomic mass is 9.92. The summed E-state index contributed by atoms with van der Waals surface area (Å²) in [7, 11) is 0. The normalized spacial score (nSPS) is 28.3. The number of nitrogens with zero attached hydrogens (tertiary/aromatic N) is 2. The van der Waals surface area contributed by atoms with Gasteiger partial charge in [-0.3, -0.25) is 14.5 Å². The van der Waals surface area contributed by atoms with E-state index in [1.54, 1.807) is 4.90 Å². The molecule has 2 aromatic rings. The fraction of sp³-hybridized carbons (Fsp3) is 0.423. The number of benzene rings is 2. The average molecular weight is 447 g/mol. The summed E-state index contributed by atoms with van der Waals surface area (Å²) in [5.41, 5.74) is 10.4. The van der Waals surface area contributed by atoms with Crippen LogP contribution >= 0.6 is 0 Å². The molecule has 7 heteroatoms. The van der Waals surface area contributed by atoms with Gasteiger partial charge >= 0.3 is 0 Å². The van der Waals surface area contributed by atoms with Gasteiger partial charge in [-0.05, 0) is 60.6 Å². The smallest absolute Gasteiger partial charge is 0.251 e. The highest BCUT2D eigenvalue weighted by Gasteiger charge is 2.41. The van der Waals surface area contributed by atoms with Crippen LogP contribution in [0.2, 0.25) is 0 Å². The molecule has 5 rings (SSSR count). The Morgan fingerprint density at radius 2 is 2.03 bits per heavy atom. The second kappa shape index (κ2) is 7.99. The van der Waals surface area contributed by atoms with E-state index in [9.17, 15) is 14.7 Å². The highest BCUT2D eigenvalue weighted by atomic mass is 16.3. The Labute approximate surface area is 193 Å². The average Bonchev–Trinajstić information content (AvgIpc) is 3.33. The van der Waals surface area contributed by atoms with Crippen LogP contribution in [-0.2, 0) is 17.6 Å². The Balaban J connectivity index is 1.40. The SMILES string of the molecule is CC[C@]1(C)CC(=O)N([C@@H]2CCc3ccc(C(=O)N[C@@H]4c5ccccc5C[C@H]4O)cc32)C(N)=N1. The minimum absolute atomic E-state index is 0.0229. The summed E-state index contributed by atoms with van der Waals surface area (Å²) in [6.45, 7) is 3.96. The molecule has 1 heterocycles. The first-order valence-corrected chi connectivity index (χ1v) is 11.7. The minimum atomic E-state index is -0.650. The Hall–Kier alpha value is -3.19. The number of carbonyl (C=O) groups is 2. The van der Waals surface area contributed by atoms with Crippen molar-refractivity contribution in [1.82, 2.24) is 10.2 Å². The number of aliphatic hydroxyl groups excluding tert-OH is 1. The number of carbonyl (C=O) groups excluding carboxylic acids is 2. The van der Waals surface area contributed by atoms with Gasteiger partial charge in [0.05, 0.1) is 30.1 Å². The maximum Gasteiger partial charge on any atom is 0.251 e. The summed E-state index contributed by atoms with van der Waals surface area (Å²) >= 11 is 0. The van der Waals surface area contributed by atoms with Crippen molar-refractivity contribution in [3.63, 3.8) is 0 Å². The third kappa shape index (κ3) is 3.70. The van der Waals surface area contributed by atoms with E-state index in [-0.39, 0.29) is 23.8 Å². The third-order valence-electron chi connectivity index (χ3n) is 7.45. The first kappa shape index (κ1) is 21.6. The number of amides is 2. The van der Waals surface area contributed by atoms with Gasteiger partial charge in [0.1, 0.15) is 0 Å². The standard InChI is InChI=1S/C26H30N4O3/c1-3-26(2)14-22(32)30(25(27)29-26)20-11-10-15-8-9-17(12-19(15)20)24(33)28-23-18-7-5-4-6-16(18)13-21(23)31/h4-9,12,20-21,23,31H,3,10-11,13-14H2,1-2H3,(H2,27,29)(H,28,33)/t20-,21-,23-,26-/m1/s1. The lowest BCUT2D eigenvalue weighted by molar-refractivity contribution is -0.131. The number of hydrogen-bond donors (Lipinski definition) is 3. The van der Waals surface area contributed by atoms with E-state index in [1.165, 1.54) is 0 Å². The lowest BCUT2D eigenvalue weighted by Crippen LogP contribution is -2.51. The van der Waals surface area contributed by atoms with E-state index in [0.717, 1.165) is 41.5 Å². The van der Waals surface area contributed by atoms with Crippen LogP contribution in [0.3, 0.4) is 0 Å². The molecule has 0 spiro atoms. The summed E-state index contributed by atoms with van der Waals surface area (Å²) in [6.07, 6.45) is 2.52. The van der Waals surface area contributed by atoms with Gasteiger partial charge in [-0.1, -0.05) is 37.3 Å². The van der Waals surface area contributed by atoms with Gasteiger partial charge in [-0.25, -0.2) is 4.99 Å². The topological polar surface area (TPSA) is 108 Å². The summed E-state index contributed by atoms with van der Waals surface area (Å²) < 4.78 is 0. The maximum atomic E-state index is 13.1. The molecule has 0 bridgehead atoms. The molecule has 0 fully saturated rings. The number of aryl methyl sites for hydroxylation is 1. The number of nitrogens with two attached hydrogens (primary N) is 1. The number of hydrogen-bond acceptors (Lipinski definition) is 5. The number of aliphatic imine (C=N–C) groups is 1. The van der Waals surface area contributed by atoms with Gasteiger partial charge in [0.15, 0.2) is 5.96 Å². The van der Waals surface area contributed by atoms with Gasteiger partial charge in [-0.15, -0.1) is 0 Å². The number of nitrogens with one attached hydrogen (secondary N) is 1. The summed E-state index contributed by atoms with van der Waals surface area (Å²) in [5.74, 6) is -0.00593. The van der Waals surface area contributed by atoms with Crippen molar-refractivity contribution in [2.75, 3.05) is 0 Å². The third-order valence-corrected chi connectivity index (χ3v) is 7.45. The van der Waals surface area contributed by atoms with Crippen LogP contribution in [0, 0.1) is 0 Å². The first-order valence-electron chi connectivity index (χ1n) is 11.7. The van der Waals surface area contributed by atoms with E-state index in [4.69, 9.17) is 5.73 Å². The highest BCUT2D eigenvalue weighted by molar-refractivity contribution is 6.00. The molecule has 3 aliphatic rings. The number of guanidine groups is 1. The van der Waals surface area contributed by atoms with Crippen molar-refractivity contribution in [3.8, 4) is 0 Å². The second-order valence-electron chi connectivity index (χ2n) is 9.65. The monoisotopic (exact) mass is 446 g/mol. The Morgan fingerprint density at radius 1 is 1.24 bits per heavy atom. The van der Waals surface area contributed by atoms with Crippen molar-refractivity contribution < 1.29 is 14.7 Å². The van der Waals surface area contributed by atoms with Crippen molar-refractivity contribution in [2.45, 2.75) is 69.7 Å². The maximum absolute atomic E-state index is 13.1. The van der Waals surface area contributed by atoms with Crippen LogP contribution in [0.1, 0.15) is 77.8 Å². The molecule has 1 aliphatic heterocycles. The van der Waals surface area contributed by atoms with Crippen LogP contribution in [-0.4, -0.2) is 39.4 Å². The first-order chi connectivity index (χ1) is 15.8. The number of rotatable bonds is 4. The molecule has 7 nitrogen and oxygen atoms in total. The fourth-order valence-electron chi connectivity index (χ4n) is 5.41. The minimum Gasteiger partial charge on any atom is -0.390 e. The molecule has 4 atom stereocenters. The zero-order valence-corrected chi connectivity index (χ0v) is 19.0. The van der Waals surface area contributed by atoms with Crippen LogP contribution in [0.5, 0.6) is 0 Å².